The predicted molar refractivity (Wildman–Crippen MR) is 373 cm³/mol. The molecule has 0 aromatic heterocycles. The second-order valence-electron chi connectivity index (χ2n) is 23.7. The molecule has 0 bridgehead atoms. The summed E-state index contributed by atoms with van der Waals surface area (Å²) in [6.45, 7) is 4.73. The first-order valence-electron chi connectivity index (χ1n) is 34.6. The normalized spacial score (nSPS) is 13.7. The highest BCUT2D eigenvalue weighted by Gasteiger charge is 2.25. The fourth-order valence-corrected chi connectivity index (χ4v) is 8.99. The minimum atomic E-state index is -1.52. The predicted octanol–water partition coefficient (Wildman–Crippen LogP) is 21.7. The fourth-order valence-electron chi connectivity index (χ4n) is 8.99. The van der Waals surface area contributed by atoms with E-state index in [4.69, 9.17) is 18.9 Å². The van der Waals surface area contributed by atoms with Crippen molar-refractivity contribution < 1.29 is 42.9 Å². The molecule has 1 N–H and O–H groups in total. The number of likely N-dealkylation sites (N-methyl/N-ethyl adjacent to an activating group) is 1. The van der Waals surface area contributed by atoms with Crippen molar-refractivity contribution in [3.63, 3.8) is 0 Å². The number of ether oxygens (including phenoxy) is 4. The van der Waals surface area contributed by atoms with Crippen LogP contribution in [0.15, 0.2) is 158 Å². The van der Waals surface area contributed by atoms with Crippen molar-refractivity contribution in [3.05, 3.63) is 158 Å². The number of aliphatic carboxylic acids is 1. The van der Waals surface area contributed by atoms with Crippen molar-refractivity contribution in [2.75, 3.05) is 47.5 Å². The van der Waals surface area contributed by atoms with Gasteiger partial charge in [-0.05, 0) is 128 Å². The minimum Gasteiger partial charge on any atom is -0.477 e. The van der Waals surface area contributed by atoms with Gasteiger partial charge >= 0.3 is 17.9 Å². The Balaban J connectivity index is 4.20. The maximum absolute atomic E-state index is 12.9. The zero-order chi connectivity index (χ0) is 63.3. The van der Waals surface area contributed by atoms with Gasteiger partial charge in [-0.3, -0.25) is 9.59 Å². The van der Waals surface area contributed by atoms with Crippen molar-refractivity contribution in [2.45, 2.75) is 270 Å². The molecule has 492 valence electrons. The number of unbranched alkanes of at least 4 members (excludes halogenated alkanes) is 21. The quantitative estimate of drug-likeness (QED) is 0.0211. The molecule has 0 aliphatic heterocycles. The molecule has 0 radical (unpaired) electrons. The Morgan fingerprint density at radius 1 is 0.356 bits per heavy atom. The van der Waals surface area contributed by atoms with Crippen LogP contribution in [0.5, 0.6) is 0 Å². The number of carboxylic acids is 1. The summed E-state index contributed by atoms with van der Waals surface area (Å²) in [4.78, 5) is 37.6. The first-order valence-corrected chi connectivity index (χ1v) is 34.6. The molecule has 2 unspecified atom stereocenters. The highest BCUT2D eigenvalue weighted by molar-refractivity contribution is 5.71. The fraction of sp³-hybridized carbons (Fsp3) is 0.628. The smallest absolute Gasteiger partial charge is 0.361 e. The summed E-state index contributed by atoms with van der Waals surface area (Å²) in [5.74, 6) is -2.04. The summed E-state index contributed by atoms with van der Waals surface area (Å²) in [6, 6.07) is 0. The molecule has 0 fully saturated rings. The van der Waals surface area contributed by atoms with E-state index in [9.17, 15) is 19.5 Å². The molecule has 0 spiro atoms. The lowest BCUT2D eigenvalue weighted by atomic mass is 10.1. The third kappa shape index (κ3) is 68.3. The highest BCUT2D eigenvalue weighted by Crippen LogP contribution is 2.15. The zero-order valence-electron chi connectivity index (χ0n) is 56.1. The molecule has 0 amide bonds. The van der Waals surface area contributed by atoms with E-state index < -0.39 is 24.3 Å². The molecule has 0 aliphatic carbocycles. The van der Waals surface area contributed by atoms with Crippen molar-refractivity contribution in [2.24, 2.45) is 0 Å². The second-order valence-corrected chi connectivity index (χ2v) is 23.7. The monoisotopic (exact) mass is 1210 g/mol. The Kier molecular flexibility index (Phi) is 62.9. The van der Waals surface area contributed by atoms with Gasteiger partial charge in [-0.1, -0.05) is 275 Å². The van der Waals surface area contributed by atoms with E-state index in [1.54, 1.807) is 0 Å². The molecule has 87 heavy (non-hydrogen) atoms. The van der Waals surface area contributed by atoms with E-state index in [0.717, 1.165) is 128 Å². The maximum atomic E-state index is 12.9. The third-order valence-electron chi connectivity index (χ3n) is 14.3. The lowest BCUT2D eigenvalue weighted by Gasteiger charge is -2.25. The summed E-state index contributed by atoms with van der Waals surface area (Å²) >= 11 is 0. The number of hydrogen-bond acceptors (Lipinski definition) is 7. The number of carbonyl (C=O) groups is 3. The van der Waals surface area contributed by atoms with E-state index in [2.05, 4.69) is 172 Å². The topological polar surface area (TPSA) is 108 Å². The van der Waals surface area contributed by atoms with Crippen molar-refractivity contribution in [1.82, 2.24) is 0 Å². The Labute approximate surface area is 534 Å². The number of rotatable bonds is 62. The van der Waals surface area contributed by atoms with E-state index in [-0.39, 0.29) is 38.6 Å². The highest BCUT2D eigenvalue weighted by atomic mass is 16.7. The average molecular weight is 1210 g/mol. The van der Waals surface area contributed by atoms with Crippen LogP contribution in [0.2, 0.25) is 0 Å². The van der Waals surface area contributed by atoms with Gasteiger partial charge in [-0.2, -0.15) is 0 Å². The summed E-state index contributed by atoms with van der Waals surface area (Å²) in [6.07, 6.45) is 96.3. The molecule has 0 rings (SSSR count). The van der Waals surface area contributed by atoms with Gasteiger partial charge in [0, 0.05) is 12.8 Å². The molecule has 0 aromatic rings. The van der Waals surface area contributed by atoms with Gasteiger partial charge in [0.15, 0.2) is 6.10 Å². The average Bonchev–Trinajstić information content (AvgIpc) is 3.59. The minimum absolute atomic E-state index is 0.177. The van der Waals surface area contributed by atoms with E-state index in [1.165, 1.54) is 96.3 Å². The third-order valence-corrected chi connectivity index (χ3v) is 14.3. The number of hydrogen-bond donors (Lipinski definition) is 1. The molecule has 0 aromatic carbocycles. The molecular formula is C78H128NO8+. The van der Waals surface area contributed by atoms with Crippen molar-refractivity contribution in [1.29, 1.82) is 0 Å². The number of allylic oxidation sites excluding steroid dienone is 26. The Hall–Kier alpha value is -5.09. The number of nitrogens with zero attached hydrogens (tertiary/aromatic N) is 1. The van der Waals surface area contributed by atoms with Gasteiger partial charge in [0.1, 0.15) is 13.2 Å². The summed E-state index contributed by atoms with van der Waals surface area (Å²) < 4.78 is 22.9. The number of quaternary nitrogens is 1. The van der Waals surface area contributed by atoms with Crippen molar-refractivity contribution in [3.8, 4) is 0 Å². The van der Waals surface area contributed by atoms with E-state index in [1.807, 2.05) is 21.1 Å². The van der Waals surface area contributed by atoms with Crippen LogP contribution in [-0.2, 0) is 33.3 Å². The molecule has 0 saturated carbocycles. The Bertz CT molecular complexity index is 1990. The van der Waals surface area contributed by atoms with Gasteiger partial charge in [0.25, 0.3) is 6.29 Å². The Morgan fingerprint density at radius 3 is 0.977 bits per heavy atom. The standard InChI is InChI=1S/C78H127NO8/c1-6-8-10-12-14-16-18-20-22-24-26-28-29-30-31-32-33-34-35-36-37-38-39-40-41-42-43-44-45-46-47-49-51-53-55-57-59-61-63-65-67-69-76(81)87-74(73-86-78(77(82)83)84-71-70-79(3,4)5)72-85-75(80)68-66-64-62-60-58-56-54-52-50-48-27-25-23-21-19-17-15-13-11-9-7-2/h8,10,14,16,19-22,25-28,30-31,33-34,36-37,39-40,42-43,45-46,49,51,74,78H,6-7,9,11-13,15,17-18,23-24,29,32,35,38,41,44,47-48,50,52-73H2,1-5H3/p+1/b10-8-,16-14-,21-19-,22-20-,27-25-,28-26-,31-30-,34-33-,37-36-,40-39-,43-42-,46-45-,51-49-. The van der Waals surface area contributed by atoms with Gasteiger partial charge in [0.2, 0.25) is 0 Å². The van der Waals surface area contributed by atoms with E-state index >= 15 is 0 Å². The van der Waals surface area contributed by atoms with Crippen LogP contribution < -0.4 is 0 Å². The first kappa shape index (κ1) is 81.9. The van der Waals surface area contributed by atoms with Crippen LogP contribution in [0.3, 0.4) is 0 Å². The van der Waals surface area contributed by atoms with Crippen LogP contribution in [0.1, 0.15) is 258 Å². The SMILES string of the molecule is CC/C=C\C/C=C\C/C=C\C/C=C\C/C=C\C/C=C\C/C=C\C/C=C\C/C=C\C/C=C\C/C=C\CCCCCCCCCC(=O)OC(COC(=O)CCCCCCCCCCC/C=C\C/C=C\CCCCCCC)COC(OCC[N+](C)(C)C)C(=O)O. The molecule has 9 nitrogen and oxygen atoms in total. The lowest BCUT2D eigenvalue weighted by Crippen LogP contribution is -2.40. The molecular weight excluding hydrogens is 1080 g/mol. The summed E-state index contributed by atoms with van der Waals surface area (Å²) in [5.41, 5.74) is 0. The molecule has 0 saturated heterocycles. The summed E-state index contributed by atoms with van der Waals surface area (Å²) in [7, 11) is 5.96. The number of carboxylic acid groups (broad SMARTS) is 1. The van der Waals surface area contributed by atoms with Crippen molar-refractivity contribution >= 4 is 17.9 Å². The largest absolute Gasteiger partial charge is 0.477 e. The zero-order valence-corrected chi connectivity index (χ0v) is 56.1. The van der Waals surface area contributed by atoms with Gasteiger partial charge in [-0.15, -0.1) is 0 Å². The first-order chi connectivity index (χ1) is 42.6. The molecule has 9 heteroatoms. The Morgan fingerprint density at radius 2 is 0.655 bits per heavy atom. The number of esters is 2. The van der Waals surface area contributed by atoms with Crippen LogP contribution in [0.4, 0.5) is 0 Å². The number of carbonyl (C=O) groups excluding carboxylic acids is 2. The van der Waals surface area contributed by atoms with Crippen LogP contribution in [0, 0.1) is 0 Å². The van der Waals surface area contributed by atoms with Gasteiger partial charge < -0.3 is 28.5 Å². The molecule has 2 atom stereocenters. The lowest BCUT2D eigenvalue weighted by molar-refractivity contribution is -0.870. The van der Waals surface area contributed by atoms with Crippen LogP contribution in [0.25, 0.3) is 0 Å². The van der Waals surface area contributed by atoms with Crippen LogP contribution in [-0.4, -0.2) is 87.4 Å². The van der Waals surface area contributed by atoms with Crippen LogP contribution >= 0.6 is 0 Å². The van der Waals surface area contributed by atoms with E-state index in [0.29, 0.717) is 17.4 Å². The second kappa shape index (κ2) is 66.9. The summed E-state index contributed by atoms with van der Waals surface area (Å²) in [5, 5.41) is 9.74. The molecule has 0 heterocycles. The maximum Gasteiger partial charge on any atom is 0.361 e. The van der Waals surface area contributed by atoms with Gasteiger partial charge in [0.05, 0.1) is 34.4 Å². The van der Waals surface area contributed by atoms with Gasteiger partial charge in [-0.25, -0.2) is 4.79 Å². The molecule has 0 aliphatic rings.